The van der Waals surface area contributed by atoms with Crippen LogP contribution in [0, 0.1) is 5.92 Å². The van der Waals surface area contributed by atoms with Crippen LogP contribution < -0.4 is 0 Å². The number of rotatable bonds is 2. The van der Waals surface area contributed by atoms with Crippen LogP contribution in [0.15, 0.2) is 0 Å². The maximum atomic E-state index is 6.04. The standard InChI is InChI=1S/C11H19BrO2/c1-8-2-4-9(5-3-8)14-11-7-13-6-10(11)12/h8-11H,2-7H2,1H3. The van der Waals surface area contributed by atoms with E-state index in [9.17, 15) is 0 Å². The van der Waals surface area contributed by atoms with Gasteiger partial charge >= 0.3 is 0 Å². The summed E-state index contributed by atoms with van der Waals surface area (Å²) in [4.78, 5) is 0.404. The van der Waals surface area contributed by atoms with Crippen molar-refractivity contribution >= 4 is 15.9 Å². The highest BCUT2D eigenvalue weighted by molar-refractivity contribution is 9.09. The Hall–Kier alpha value is 0.400. The summed E-state index contributed by atoms with van der Waals surface area (Å²) in [5.74, 6) is 0.898. The van der Waals surface area contributed by atoms with Crippen molar-refractivity contribution in [3.8, 4) is 0 Å². The van der Waals surface area contributed by atoms with Gasteiger partial charge in [0.25, 0.3) is 0 Å². The third kappa shape index (κ3) is 2.71. The van der Waals surface area contributed by atoms with Gasteiger partial charge in [0, 0.05) is 0 Å². The van der Waals surface area contributed by atoms with Crippen molar-refractivity contribution in [2.24, 2.45) is 5.92 Å². The zero-order valence-electron chi connectivity index (χ0n) is 8.75. The van der Waals surface area contributed by atoms with E-state index in [4.69, 9.17) is 9.47 Å². The molecule has 0 spiro atoms. The Labute approximate surface area is 94.5 Å². The van der Waals surface area contributed by atoms with E-state index < -0.39 is 0 Å². The van der Waals surface area contributed by atoms with Gasteiger partial charge in [0.05, 0.1) is 30.2 Å². The van der Waals surface area contributed by atoms with Crippen LogP contribution in [0.2, 0.25) is 0 Å². The SMILES string of the molecule is CC1CCC(OC2COCC2Br)CC1. The van der Waals surface area contributed by atoms with Crippen molar-refractivity contribution in [3.63, 3.8) is 0 Å². The number of hydrogen-bond acceptors (Lipinski definition) is 2. The molecule has 3 heteroatoms. The van der Waals surface area contributed by atoms with Crippen molar-refractivity contribution in [2.75, 3.05) is 13.2 Å². The van der Waals surface area contributed by atoms with Gasteiger partial charge in [-0.1, -0.05) is 22.9 Å². The second-order valence-electron chi connectivity index (χ2n) is 4.61. The first-order valence-corrected chi connectivity index (χ1v) is 6.54. The molecule has 1 saturated carbocycles. The van der Waals surface area contributed by atoms with Gasteiger partial charge in [0.1, 0.15) is 0 Å². The molecule has 2 aliphatic rings. The molecular formula is C11H19BrO2. The van der Waals surface area contributed by atoms with E-state index >= 15 is 0 Å². The second kappa shape index (κ2) is 4.95. The van der Waals surface area contributed by atoms with E-state index in [1.54, 1.807) is 0 Å². The molecular weight excluding hydrogens is 244 g/mol. The number of hydrogen-bond donors (Lipinski definition) is 0. The number of alkyl halides is 1. The zero-order chi connectivity index (χ0) is 9.97. The van der Waals surface area contributed by atoms with E-state index in [2.05, 4.69) is 22.9 Å². The van der Waals surface area contributed by atoms with Crippen LogP contribution in [-0.4, -0.2) is 30.2 Å². The lowest BCUT2D eigenvalue weighted by molar-refractivity contribution is -0.0353. The molecule has 82 valence electrons. The maximum absolute atomic E-state index is 6.04. The van der Waals surface area contributed by atoms with Gasteiger partial charge in [0.2, 0.25) is 0 Å². The monoisotopic (exact) mass is 262 g/mol. The summed E-state index contributed by atoms with van der Waals surface area (Å²) in [7, 11) is 0. The Kier molecular flexibility index (Phi) is 3.86. The molecule has 2 fully saturated rings. The molecule has 0 amide bonds. The minimum Gasteiger partial charge on any atom is -0.377 e. The summed E-state index contributed by atoms with van der Waals surface area (Å²) in [5, 5.41) is 0. The molecule has 0 radical (unpaired) electrons. The highest BCUT2D eigenvalue weighted by atomic mass is 79.9. The Bertz CT molecular complexity index is 178. The smallest absolute Gasteiger partial charge is 0.0959 e. The minimum atomic E-state index is 0.286. The van der Waals surface area contributed by atoms with Crippen molar-refractivity contribution in [1.29, 1.82) is 0 Å². The lowest BCUT2D eigenvalue weighted by atomic mass is 9.89. The molecule has 0 N–H and O–H groups in total. The number of halogens is 1. The largest absolute Gasteiger partial charge is 0.377 e. The van der Waals surface area contributed by atoms with E-state index in [1.165, 1.54) is 25.7 Å². The summed E-state index contributed by atoms with van der Waals surface area (Å²) in [6.07, 6.45) is 5.89. The van der Waals surface area contributed by atoms with Gasteiger partial charge in [-0.3, -0.25) is 0 Å². The second-order valence-corrected chi connectivity index (χ2v) is 5.79. The molecule has 2 unspecified atom stereocenters. The fourth-order valence-corrected chi connectivity index (χ4v) is 2.71. The Morgan fingerprint density at radius 3 is 2.43 bits per heavy atom. The molecule has 1 aliphatic carbocycles. The molecule has 14 heavy (non-hydrogen) atoms. The maximum Gasteiger partial charge on any atom is 0.0959 e. The highest BCUT2D eigenvalue weighted by Crippen LogP contribution is 2.28. The first-order chi connectivity index (χ1) is 6.75. The molecule has 0 bridgehead atoms. The van der Waals surface area contributed by atoms with Gasteiger partial charge in [-0.05, 0) is 31.6 Å². The van der Waals surface area contributed by atoms with Crippen molar-refractivity contribution in [1.82, 2.24) is 0 Å². The van der Waals surface area contributed by atoms with E-state index in [0.29, 0.717) is 10.9 Å². The number of ether oxygens (including phenoxy) is 2. The van der Waals surface area contributed by atoms with Crippen molar-refractivity contribution in [2.45, 2.75) is 49.6 Å². The van der Waals surface area contributed by atoms with E-state index in [-0.39, 0.29) is 6.10 Å². The molecule has 1 heterocycles. The third-order valence-corrected chi connectivity index (χ3v) is 4.15. The Morgan fingerprint density at radius 2 is 1.86 bits per heavy atom. The summed E-state index contributed by atoms with van der Waals surface area (Å²) in [5.41, 5.74) is 0. The van der Waals surface area contributed by atoms with Gasteiger partial charge in [-0.2, -0.15) is 0 Å². The van der Waals surface area contributed by atoms with Crippen LogP contribution in [0.1, 0.15) is 32.6 Å². The van der Waals surface area contributed by atoms with Crippen LogP contribution in [0.25, 0.3) is 0 Å². The molecule has 1 aliphatic heterocycles. The summed E-state index contributed by atoms with van der Waals surface area (Å²) in [6, 6.07) is 0. The van der Waals surface area contributed by atoms with Crippen molar-refractivity contribution < 1.29 is 9.47 Å². The molecule has 2 nitrogen and oxygen atoms in total. The van der Waals surface area contributed by atoms with Crippen LogP contribution in [-0.2, 0) is 9.47 Å². The lowest BCUT2D eigenvalue weighted by Crippen LogP contribution is -2.30. The summed E-state index contributed by atoms with van der Waals surface area (Å²) >= 11 is 3.59. The van der Waals surface area contributed by atoms with Crippen LogP contribution in [0.5, 0.6) is 0 Å². The first-order valence-electron chi connectivity index (χ1n) is 5.63. The molecule has 2 rings (SSSR count). The topological polar surface area (TPSA) is 18.5 Å². The van der Waals surface area contributed by atoms with Gasteiger partial charge < -0.3 is 9.47 Å². The molecule has 0 aromatic carbocycles. The first kappa shape index (κ1) is 10.9. The average molecular weight is 263 g/mol. The van der Waals surface area contributed by atoms with Gasteiger partial charge in [-0.25, -0.2) is 0 Å². The minimum absolute atomic E-state index is 0.286. The molecule has 2 atom stereocenters. The van der Waals surface area contributed by atoms with E-state index in [1.807, 2.05) is 0 Å². The van der Waals surface area contributed by atoms with Crippen LogP contribution in [0.3, 0.4) is 0 Å². The quantitative estimate of drug-likeness (QED) is 0.713. The van der Waals surface area contributed by atoms with Crippen molar-refractivity contribution in [3.05, 3.63) is 0 Å². The predicted octanol–water partition coefficient (Wildman–Crippen LogP) is 2.74. The van der Waals surface area contributed by atoms with Gasteiger partial charge in [-0.15, -0.1) is 0 Å². The predicted molar refractivity (Wildman–Crippen MR) is 59.8 cm³/mol. The lowest BCUT2D eigenvalue weighted by Gasteiger charge is -2.29. The molecule has 0 aromatic rings. The normalized spacial score (nSPS) is 44.1. The van der Waals surface area contributed by atoms with Crippen LogP contribution >= 0.6 is 15.9 Å². The molecule has 0 aromatic heterocycles. The fraction of sp³-hybridized carbons (Fsp3) is 1.00. The van der Waals surface area contributed by atoms with Crippen LogP contribution in [0.4, 0.5) is 0 Å². The van der Waals surface area contributed by atoms with E-state index in [0.717, 1.165) is 19.1 Å². The third-order valence-electron chi connectivity index (χ3n) is 3.29. The highest BCUT2D eigenvalue weighted by Gasteiger charge is 2.30. The average Bonchev–Trinajstić information content (AvgIpc) is 2.56. The fourth-order valence-electron chi connectivity index (χ4n) is 2.25. The summed E-state index contributed by atoms with van der Waals surface area (Å²) in [6.45, 7) is 3.90. The van der Waals surface area contributed by atoms with Gasteiger partial charge in [0.15, 0.2) is 0 Å². The molecule has 1 saturated heterocycles. The Balaban J connectivity index is 1.74. The Morgan fingerprint density at radius 1 is 1.14 bits per heavy atom. The zero-order valence-corrected chi connectivity index (χ0v) is 10.3. The summed E-state index contributed by atoms with van der Waals surface area (Å²) < 4.78 is 11.4.